The van der Waals surface area contributed by atoms with Crippen LogP contribution in [-0.4, -0.2) is 17.5 Å². The van der Waals surface area contributed by atoms with Gasteiger partial charge in [-0.25, -0.2) is 0 Å². The third kappa shape index (κ3) is 3.30. The van der Waals surface area contributed by atoms with Crippen LogP contribution in [0.5, 0.6) is 0 Å². The number of nitrogens with zero attached hydrogens (tertiary/aromatic N) is 1. The van der Waals surface area contributed by atoms with E-state index in [1.807, 2.05) is 0 Å². The van der Waals surface area contributed by atoms with Crippen molar-refractivity contribution in [1.29, 1.82) is 0 Å². The number of hydrogen-bond donors (Lipinski definition) is 1. The van der Waals surface area contributed by atoms with Crippen molar-refractivity contribution < 1.29 is 0 Å². The fourth-order valence-electron chi connectivity index (χ4n) is 2.75. The molecule has 94 valence electrons. The van der Waals surface area contributed by atoms with Crippen molar-refractivity contribution in [2.75, 3.05) is 6.54 Å². The zero-order valence-corrected chi connectivity index (χ0v) is 10.9. The van der Waals surface area contributed by atoms with E-state index in [1.165, 1.54) is 43.4 Å². The molecule has 1 atom stereocenters. The maximum Gasteiger partial charge on any atom is 0.0236 e. The fourth-order valence-corrected chi connectivity index (χ4v) is 2.75. The van der Waals surface area contributed by atoms with Gasteiger partial charge in [0.1, 0.15) is 0 Å². The van der Waals surface area contributed by atoms with Gasteiger partial charge in [-0.3, -0.25) is 4.90 Å². The van der Waals surface area contributed by atoms with Gasteiger partial charge in [0.25, 0.3) is 0 Å². The molecule has 2 rings (SSSR count). The van der Waals surface area contributed by atoms with E-state index in [-0.39, 0.29) is 0 Å². The van der Waals surface area contributed by atoms with Crippen LogP contribution in [0.15, 0.2) is 24.3 Å². The fraction of sp³-hybridized carbons (Fsp3) is 0.600. The number of hydrogen-bond acceptors (Lipinski definition) is 2. The third-order valence-electron chi connectivity index (χ3n) is 3.86. The Bertz CT molecular complexity index is 331. The molecule has 1 fully saturated rings. The number of benzene rings is 1. The monoisotopic (exact) mass is 232 g/mol. The SMILES string of the molecule is CCC1CCCCN1Cc1ccc(CN)cc1. The molecule has 1 aromatic rings. The third-order valence-corrected chi connectivity index (χ3v) is 3.86. The molecule has 17 heavy (non-hydrogen) atoms. The Morgan fingerprint density at radius 1 is 1.18 bits per heavy atom. The molecule has 0 bridgehead atoms. The summed E-state index contributed by atoms with van der Waals surface area (Å²) in [5.41, 5.74) is 8.26. The first kappa shape index (κ1) is 12.6. The van der Waals surface area contributed by atoms with Crippen molar-refractivity contribution in [2.45, 2.75) is 51.7 Å². The Balaban J connectivity index is 1.98. The second kappa shape index (κ2) is 6.18. The molecule has 2 N–H and O–H groups in total. The minimum atomic E-state index is 0.640. The van der Waals surface area contributed by atoms with Gasteiger partial charge in [-0.1, -0.05) is 37.6 Å². The summed E-state index contributed by atoms with van der Waals surface area (Å²) in [5.74, 6) is 0. The van der Waals surface area contributed by atoms with Crippen molar-refractivity contribution in [2.24, 2.45) is 5.73 Å². The van der Waals surface area contributed by atoms with E-state index in [0.29, 0.717) is 6.54 Å². The molecule has 1 heterocycles. The lowest BCUT2D eigenvalue weighted by molar-refractivity contribution is 0.136. The first-order chi connectivity index (χ1) is 8.33. The topological polar surface area (TPSA) is 29.3 Å². The standard InChI is InChI=1S/C15H24N2/c1-2-15-5-3-4-10-17(15)12-14-8-6-13(11-16)7-9-14/h6-9,15H,2-5,10-12,16H2,1H3. The minimum Gasteiger partial charge on any atom is -0.326 e. The summed E-state index contributed by atoms with van der Waals surface area (Å²) in [7, 11) is 0. The number of rotatable bonds is 4. The maximum atomic E-state index is 5.62. The molecule has 1 aromatic carbocycles. The summed E-state index contributed by atoms with van der Waals surface area (Å²) in [5, 5.41) is 0. The van der Waals surface area contributed by atoms with Crippen LogP contribution >= 0.6 is 0 Å². The Morgan fingerprint density at radius 3 is 2.53 bits per heavy atom. The van der Waals surface area contributed by atoms with Crippen LogP contribution in [0.2, 0.25) is 0 Å². The lowest BCUT2D eigenvalue weighted by Crippen LogP contribution is -2.38. The van der Waals surface area contributed by atoms with Gasteiger partial charge >= 0.3 is 0 Å². The van der Waals surface area contributed by atoms with Crippen LogP contribution in [0.4, 0.5) is 0 Å². The highest BCUT2D eigenvalue weighted by atomic mass is 15.2. The van der Waals surface area contributed by atoms with Crippen molar-refractivity contribution in [1.82, 2.24) is 4.90 Å². The van der Waals surface area contributed by atoms with Crippen LogP contribution in [0, 0.1) is 0 Å². The van der Waals surface area contributed by atoms with Gasteiger partial charge in [0.15, 0.2) is 0 Å². The number of likely N-dealkylation sites (tertiary alicyclic amines) is 1. The van der Waals surface area contributed by atoms with E-state index >= 15 is 0 Å². The van der Waals surface area contributed by atoms with Crippen LogP contribution in [0.1, 0.15) is 43.7 Å². The lowest BCUT2D eigenvalue weighted by Gasteiger charge is -2.35. The molecular weight excluding hydrogens is 208 g/mol. The molecule has 1 aliphatic rings. The first-order valence-electron chi connectivity index (χ1n) is 6.85. The molecular formula is C15H24N2. The van der Waals surface area contributed by atoms with Crippen molar-refractivity contribution in [3.63, 3.8) is 0 Å². The van der Waals surface area contributed by atoms with Crippen LogP contribution in [0.25, 0.3) is 0 Å². The summed E-state index contributed by atoms with van der Waals surface area (Å²) in [6.07, 6.45) is 5.41. The van der Waals surface area contributed by atoms with E-state index in [4.69, 9.17) is 5.73 Å². The van der Waals surface area contributed by atoms with E-state index in [1.54, 1.807) is 0 Å². The van der Waals surface area contributed by atoms with Gasteiger partial charge in [-0.2, -0.15) is 0 Å². The molecule has 2 nitrogen and oxygen atoms in total. The number of nitrogens with two attached hydrogens (primary N) is 1. The molecule has 0 aromatic heterocycles. The smallest absolute Gasteiger partial charge is 0.0236 e. The molecule has 0 spiro atoms. The predicted molar refractivity (Wildman–Crippen MR) is 72.7 cm³/mol. The lowest BCUT2D eigenvalue weighted by atomic mass is 9.99. The normalized spacial score (nSPS) is 21.6. The van der Waals surface area contributed by atoms with Gasteiger partial charge < -0.3 is 5.73 Å². The predicted octanol–water partition coefficient (Wildman–Crippen LogP) is 2.91. The van der Waals surface area contributed by atoms with Gasteiger partial charge in [-0.15, -0.1) is 0 Å². The molecule has 1 saturated heterocycles. The summed E-state index contributed by atoms with van der Waals surface area (Å²) in [6.45, 7) is 5.31. The van der Waals surface area contributed by atoms with Gasteiger partial charge in [0.05, 0.1) is 0 Å². The van der Waals surface area contributed by atoms with E-state index in [9.17, 15) is 0 Å². The molecule has 0 radical (unpaired) electrons. The zero-order valence-electron chi connectivity index (χ0n) is 10.9. The summed E-state index contributed by atoms with van der Waals surface area (Å²) >= 11 is 0. The van der Waals surface area contributed by atoms with Gasteiger partial charge in [0.2, 0.25) is 0 Å². The summed E-state index contributed by atoms with van der Waals surface area (Å²) in [6, 6.07) is 9.55. The minimum absolute atomic E-state index is 0.640. The maximum absolute atomic E-state index is 5.62. The molecule has 2 heteroatoms. The molecule has 1 unspecified atom stereocenters. The highest BCUT2D eigenvalue weighted by molar-refractivity contribution is 5.22. The van der Waals surface area contributed by atoms with Crippen molar-refractivity contribution in [3.8, 4) is 0 Å². The molecule has 0 saturated carbocycles. The average molecular weight is 232 g/mol. The summed E-state index contributed by atoms with van der Waals surface area (Å²) in [4.78, 5) is 2.64. The van der Waals surface area contributed by atoms with Crippen molar-refractivity contribution in [3.05, 3.63) is 35.4 Å². The largest absolute Gasteiger partial charge is 0.326 e. The zero-order chi connectivity index (χ0) is 12.1. The Morgan fingerprint density at radius 2 is 1.88 bits per heavy atom. The molecule has 0 aliphatic carbocycles. The first-order valence-corrected chi connectivity index (χ1v) is 6.85. The van der Waals surface area contributed by atoms with E-state index in [2.05, 4.69) is 36.1 Å². The second-order valence-corrected chi connectivity index (χ2v) is 5.05. The van der Waals surface area contributed by atoms with Gasteiger partial charge in [0, 0.05) is 19.1 Å². The van der Waals surface area contributed by atoms with E-state index in [0.717, 1.165) is 12.6 Å². The van der Waals surface area contributed by atoms with Crippen molar-refractivity contribution >= 4 is 0 Å². The molecule has 1 aliphatic heterocycles. The highest BCUT2D eigenvalue weighted by Gasteiger charge is 2.20. The summed E-state index contributed by atoms with van der Waals surface area (Å²) < 4.78 is 0. The quantitative estimate of drug-likeness (QED) is 0.865. The average Bonchev–Trinajstić information content (AvgIpc) is 2.40. The van der Waals surface area contributed by atoms with E-state index < -0.39 is 0 Å². The van der Waals surface area contributed by atoms with Crippen LogP contribution in [0.3, 0.4) is 0 Å². The second-order valence-electron chi connectivity index (χ2n) is 5.05. The highest BCUT2D eigenvalue weighted by Crippen LogP contribution is 2.21. The Hall–Kier alpha value is -0.860. The Labute approximate surface area is 105 Å². The molecule has 0 amide bonds. The van der Waals surface area contributed by atoms with Crippen LogP contribution in [-0.2, 0) is 13.1 Å². The van der Waals surface area contributed by atoms with Gasteiger partial charge in [-0.05, 0) is 36.9 Å². The Kier molecular flexibility index (Phi) is 4.57. The van der Waals surface area contributed by atoms with Crippen LogP contribution < -0.4 is 5.73 Å². The number of piperidine rings is 1.